The fraction of sp³-hybridized carbons (Fsp3) is 0.476. The SMILES string of the molecule is CCC1CN(CCNC(=O)c2scc3c2OCCO3)Cc2cc(OC)ccc2O1. The maximum Gasteiger partial charge on any atom is 0.265 e. The van der Waals surface area contributed by atoms with E-state index in [0.717, 1.165) is 43.1 Å². The molecular weight excluding hydrogens is 392 g/mol. The number of amides is 1. The van der Waals surface area contributed by atoms with Gasteiger partial charge in [-0.1, -0.05) is 6.92 Å². The van der Waals surface area contributed by atoms with E-state index in [2.05, 4.69) is 17.1 Å². The summed E-state index contributed by atoms with van der Waals surface area (Å²) in [4.78, 5) is 15.5. The number of benzene rings is 1. The minimum Gasteiger partial charge on any atom is -0.497 e. The Morgan fingerprint density at radius 1 is 1.31 bits per heavy atom. The molecule has 2 aliphatic heterocycles. The Hall–Kier alpha value is -2.45. The van der Waals surface area contributed by atoms with Crippen LogP contribution < -0.4 is 24.3 Å². The third kappa shape index (κ3) is 4.43. The van der Waals surface area contributed by atoms with E-state index in [0.29, 0.717) is 36.1 Å². The Bertz CT molecular complexity index is 869. The zero-order valence-electron chi connectivity index (χ0n) is 16.7. The summed E-state index contributed by atoms with van der Waals surface area (Å²) in [5, 5.41) is 4.84. The fourth-order valence-corrected chi connectivity index (χ4v) is 4.39. The molecule has 1 N–H and O–H groups in total. The first kappa shape index (κ1) is 19.8. The van der Waals surface area contributed by atoms with Gasteiger partial charge in [0.15, 0.2) is 11.5 Å². The van der Waals surface area contributed by atoms with Crippen LogP contribution in [0.5, 0.6) is 23.0 Å². The van der Waals surface area contributed by atoms with Crippen LogP contribution in [0.4, 0.5) is 0 Å². The van der Waals surface area contributed by atoms with Gasteiger partial charge in [-0.15, -0.1) is 11.3 Å². The quantitative estimate of drug-likeness (QED) is 0.778. The van der Waals surface area contributed by atoms with Gasteiger partial charge in [-0.2, -0.15) is 0 Å². The molecular formula is C21H26N2O5S. The number of hydrogen-bond donors (Lipinski definition) is 1. The van der Waals surface area contributed by atoms with Gasteiger partial charge in [0.25, 0.3) is 5.91 Å². The van der Waals surface area contributed by atoms with E-state index in [4.69, 9.17) is 18.9 Å². The Balaban J connectivity index is 1.38. The maximum atomic E-state index is 12.6. The molecule has 0 spiro atoms. The smallest absolute Gasteiger partial charge is 0.265 e. The lowest BCUT2D eigenvalue weighted by molar-refractivity contribution is 0.0938. The minimum atomic E-state index is -0.123. The highest BCUT2D eigenvalue weighted by atomic mass is 32.1. The lowest BCUT2D eigenvalue weighted by atomic mass is 10.2. The number of nitrogens with zero attached hydrogens (tertiary/aromatic N) is 1. The van der Waals surface area contributed by atoms with Crippen LogP contribution in [-0.2, 0) is 6.54 Å². The van der Waals surface area contributed by atoms with Gasteiger partial charge in [-0.05, 0) is 24.6 Å². The average Bonchev–Trinajstić information content (AvgIpc) is 3.09. The summed E-state index contributed by atoms with van der Waals surface area (Å²) in [6, 6.07) is 5.92. The second-order valence-corrected chi connectivity index (χ2v) is 7.95. The molecule has 7 nitrogen and oxygen atoms in total. The van der Waals surface area contributed by atoms with Crippen LogP contribution >= 0.6 is 11.3 Å². The van der Waals surface area contributed by atoms with Gasteiger partial charge < -0.3 is 24.3 Å². The fourth-order valence-electron chi connectivity index (χ4n) is 3.54. The molecule has 0 saturated heterocycles. The van der Waals surface area contributed by atoms with Crippen LogP contribution in [0.3, 0.4) is 0 Å². The summed E-state index contributed by atoms with van der Waals surface area (Å²) in [7, 11) is 1.67. The van der Waals surface area contributed by atoms with E-state index in [1.54, 1.807) is 7.11 Å². The van der Waals surface area contributed by atoms with Crippen molar-refractivity contribution in [3.8, 4) is 23.0 Å². The Morgan fingerprint density at radius 2 is 2.17 bits per heavy atom. The lowest BCUT2D eigenvalue weighted by Gasteiger charge is -2.23. The van der Waals surface area contributed by atoms with Gasteiger partial charge in [0, 0.05) is 37.1 Å². The topological polar surface area (TPSA) is 69.3 Å². The number of carbonyl (C=O) groups excluding carboxylic acids is 1. The largest absolute Gasteiger partial charge is 0.497 e. The molecule has 8 heteroatoms. The predicted molar refractivity (Wildman–Crippen MR) is 111 cm³/mol. The minimum absolute atomic E-state index is 0.121. The highest BCUT2D eigenvalue weighted by Crippen LogP contribution is 2.39. The molecule has 3 heterocycles. The monoisotopic (exact) mass is 418 g/mol. The molecule has 1 amide bonds. The van der Waals surface area contributed by atoms with Gasteiger partial charge in [0.2, 0.25) is 0 Å². The standard InChI is InChI=1S/C21H26N2O5S/c1-3-15-12-23(11-14-10-16(25-2)4-5-17(14)28-15)7-6-22-21(24)20-19-18(13-29-20)26-8-9-27-19/h4-5,10,13,15H,3,6-9,11-12H2,1-2H3,(H,22,24). The number of carbonyl (C=O) groups is 1. The van der Waals surface area contributed by atoms with Crippen molar-refractivity contribution in [2.45, 2.75) is 26.0 Å². The number of ether oxygens (including phenoxy) is 4. The summed E-state index contributed by atoms with van der Waals surface area (Å²) in [5.41, 5.74) is 1.10. The van der Waals surface area contributed by atoms with Crippen LogP contribution in [0, 0.1) is 0 Å². The number of thiophene rings is 1. The molecule has 0 saturated carbocycles. The molecule has 1 unspecified atom stereocenters. The second kappa shape index (κ2) is 8.92. The Kier molecular flexibility index (Phi) is 6.10. The first-order valence-electron chi connectivity index (χ1n) is 9.89. The van der Waals surface area contributed by atoms with Crippen molar-refractivity contribution in [1.29, 1.82) is 0 Å². The van der Waals surface area contributed by atoms with E-state index in [9.17, 15) is 4.79 Å². The van der Waals surface area contributed by atoms with Crippen LogP contribution in [-0.4, -0.2) is 56.9 Å². The lowest BCUT2D eigenvalue weighted by Crippen LogP contribution is -2.38. The van der Waals surface area contributed by atoms with Gasteiger partial charge in [0.05, 0.1) is 7.11 Å². The van der Waals surface area contributed by atoms with Gasteiger partial charge in [-0.3, -0.25) is 9.69 Å². The molecule has 2 aromatic rings. The number of hydrogen-bond acceptors (Lipinski definition) is 7. The van der Waals surface area contributed by atoms with E-state index < -0.39 is 0 Å². The maximum absolute atomic E-state index is 12.6. The normalized spacial score (nSPS) is 18.3. The molecule has 4 rings (SSSR count). The molecule has 29 heavy (non-hydrogen) atoms. The number of nitrogens with one attached hydrogen (secondary N) is 1. The highest BCUT2D eigenvalue weighted by Gasteiger charge is 2.25. The zero-order valence-corrected chi connectivity index (χ0v) is 17.5. The summed E-state index contributed by atoms with van der Waals surface area (Å²) in [5.74, 6) is 2.83. The van der Waals surface area contributed by atoms with Crippen LogP contribution in [0.25, 0.3) is 0 Å². The number of methoxy groups -OCH3 is 1. The van der Waals surface area contributed by atoms with Crippen molar-refractivity contribution in [1.82, 2.24) is 10.2 Å². The van der Waals surface area contributed by atoms with E-state index in [1.807, 2.05) is 23.6 Å². The van der Waals surface area contributed by atoms with E-state index >= 15 is 0 Å². The van der Waals surface area contributed by atoms with Crippen molar-refractivity contribution >= 4 is 17.2 Å². The summed E-state index contributed by atoms with van der Waals surface area (Å²) in [6.07, 6.45) is 1.04. The zero-order chi connectivity index (χ0) is 20.2. The van der Waals surface area contributed by atoms with Crippen molar-refractivity contribution in [3.05, 3.63) is 34.0 Å². The van der Waals surface area contributed by atoms with Crippen molar-refractivity contribution in [2.75, 3.05) is 40.0 Å². The van der Waals surface area contributed by atoms with Crippen LogP contribution in [0.2, 0.25) is 0 Å². The molecule has 1 aromatic heterocycles. The first-order valence-corrected chi connectivity index (χ1v) is 10.8. The van der Waals surface area contributed by atoms with E-state index in [1.165, 1.54) is 11.3 Å². The molecule has 0 aliphatic carbocycles. The molecule has 0 radical (unpaired) electrons. The summed E-state index contributed by atoms with van der Waals surface area (Å²) in [6.45, 7) is 5.96. The average molecular weight is 419 g/mol. The molecule has 2 aliphatic rings. The Morgan fingerprint density at radius 3 is 3.00 bits per heavy atom. The van der Waals surface area contributed by atoms with Crippen LogP contribution in [0.15, 0.2) is 23.6 Å². The summed E-state index contributed by atoms with van der Waals surface area (Å²) < 4.78 is 22.6. The molecule has 1 aromatic carbocycles. The molecule has 0 fully saturated rings. The third-order valence-corrected chi connectivity index (χ3v) is 6.03. The first-order chi connectivity index (χ1) is 14.2. The van der Waals surface area contributed by atoms with E-state index in [-0.39, 0.29) is 12.0 Å². The Labute approximate surface area is 174 Å². The molecule has 1 atom stereocenters. The van der Waals surface area contributed by atoms with Crippen molar-refractivity contribution in [2.24, 2.45) is 0 Å². The second-order valence-electron chi connectivity index (χ2n) is 7.07. The molecule has 0 bridgehead atoms. The molecule has 156 valence electrons. The van der Waals surface area contributed by atoms with Gasteiger partial charge in [-0.25, -0.2) is 0 Å². The third-order valence-electron chi connectivity index (χ3n) is 5.09. The van der Waals surface area contributed by atoms with Gasteiger partial charge >= 0.3 is 0 Å². The predicted octanol–water partition coefficient (Wildman–Crippen LogP) is 2.93. The van der Waals surface area contributed by atoms with Crippen LogP contribution in [0.1, 0.15) is 28.6 Å². The van der Waals surface area contributed by atoms with Crippen molar-refractivity contribution < 1.29 is 23.7 Å². The van der Waals surface area contributed by atoms with Gasteiger partial charge in [0.1, 0.15) is 35.7 Å². The number of rotatable bonds is 6. The van der Waals surface area contributed by atoms with Crippen molar-refractivity contribution in [3.63, 3.8) is 0 Å². The number of fused-ring (bicyclic) bond motifs is 2. The summed E-state index contributed by atoms with van der Waals surface area (Å²) >= 11 is 1.35. The highest BCUT2D eigenvalue weighted by molar-refractivity contribution is 7.12.